The number of carbonyl (C=O) groups excluding carboxylic acids is 2. The first kappa shape index (κ1) is 18.3. The molecule has 0 unspecified atom stereocenters. The number of sulfonamides is 1. The summed E-state index contributed by atoms with van der Waals surface area (Å²) in [5.41, 5.74) is 5.89. The van der Waals surface area contributed by atoms with E-state index in [1.165, 1.54) is 36.4 Å². The highest BCUT2D eigenvalue weighted by Crippen LogP contribution is 2.20. The molecule has 132 valence electrons. The molecular weight excluding hydrogens is 346 g/mol. The fourth-order valence-electron chi connectivity index (χ4n) is 2.00. The Hall–Kier alpha value is -3.07. The van der Waals surface area contributed by atoms with Crippen molar-refractivity contribution in [1.29, 1.82) is 0 Å². The second kappa shape index (κ2) is 7.67. The van der Waals surface area contributed by atoms with Crippen LogP contribution in [0.4, 0.5) is 16.2 Å². The number of hydrogen-bond acceptors (Lipinski definition) is 5. The number of nitrogens with one attached hydrogen (secondary N) is 2. The standard InChI is InChI=1S/C16H17N3O5S/c1-2-24-15(20)11-6-8-14(9-7-11)25(22,23)19-13-5-3-4-12(10-13)18-16(17)21/h3-10,19H,2H2,1H3,(H3,17,18,21). The van der Waals surface area contributed by atoms with Crippen molar-refractivity contribution in [2.45, 2.75) is 11.8 Å². The SMILES string of the molecule is CCOC(=O)c1ccc(S(=O)(=O)Nc2cccc(NC(N)=O)c2)cc1. The number of anilines is 2. The number of esters is 1. The van der Waals surface area contributed by atoms with Crippen LogP contribution in [-0.2, 0) is 14.8 Å². The summed E-state index contributed by atoms with van der Waals surface area (Å²) < 4.78 is 32.0. The number of ether oxygens (including phenoxy) is 1. The summed E-state index contributed by atoms with van der Waals surface area (Å²) in [5.74, 6) is -0.523. The smallest absolute Gasteiger partial charge is 0.338 e. The number of benzene rings is 2. The van der Waals surface area contributed by atoms with E-state index in [4.69, 9.17) is 10.5 Å². The zero-order valence-corrected chi connectivity index (χ0v) is 14.2. The van der Waals surface area contributed by atoms with Crippen LogP contribution in [0.1, 0.15) is 17.3 Å². The van der Waals surface area contributed by atoms with Crippen molar-refractivity contribution in [3.05, 3.63) is 54.1 Å². The van der Waals surface area contributed by atoms with Gasteiger partial charge in [0.25, 0.3) is 10.0 Å². The number of urea groups is 1. The number of primary amides is 1. The largest absolute Gasteiger partial charge is 0.462 e. The number of hydrogen-bond donors (Lipinski definition) is 3. The maximum absolute atomic E-state index is 12.4. The van der Waals surface area contributed by atoms with Gasteiger partial charge in [0.2, 0.25) is 0 Å². The highest BCUT2D eigenvalue weighted by atomic mass is 32.2. The van der Waals surface area contributed by atoms with Crippen molar-refractivity contribution in [2.75, 3.05) is 16.6 Å². The van der Waals surface area contributed by atoms with Crippen LogP contribution in [0.3, 0.4) is 0 Å². The van der Waals surface area contributed by atoms with Gasteiger partial charge in [-0.2, -0.15) is 0 Å². The molecule has 0 heterocycles. The van der Waals surface area contributed by atoms with E-state index < -0.39 is 22.0 Å². The highest BCUT2D eigenvalue weighted by molar-refractivity contribution is 7.92. The summed E-state index contributed by atoms with van der Waals surface area (Å²) in [5, 5.41) is 2.36. The van der Waals surface area contributed by atoms with Crippen molar-refractivity contribution in [2.24, 2.45) is 5.73 Å². The Bertz CT molecular complexity index is 879. The van der Waals surface area contributed by atoms with Gasteiger partial charge in [-0.25, -0.2) is 18.0 Å². The van der Waals surface area contributed by atoms with Gasteiger partial charge in [-0.15, -0.1) is 0 Å². The van der Waals surface area contributed by atoms with E-state index >= 15 is 0 Å². The maximum Gasteiger partial charge on any atom is 0.338 e. The van der Waals surface area contributed by atoms with Gasteiger partial charge in [-0.1, -0.05) is 6.07 Å². The zero-order valence-electron chi connectivity index (χ0n) is 13.4. The Morgan fingerprint density at radius 2 is 1.72 bits per heavy atom. The van der Waals surface area contributed by atoms with Crippen LogP contribution in [0.2, 0.25) is 0 Å². The molecule has 0 aromatic heterocycles. The summed E-state index contributed by atoms with van der Waals surface area (Å²) in [6, 6.07) is 10.7. The summed E-state index contributed by atoms with van der Waals surface area (Å²) in [6.07, 6.45) is 0. The normalized spacial score (nSPS) is 10.8. The van der Waals surface area contributed by atoms with Crippen molar-refractivity contribution >= 4 is 33.4 Å². The van der Waals surface area contributed by atoms with E-state index in [9.17, 15) is 18.0 Å². The molecule has 0 saturated heterocycles. The number of amides is 2. The molecule has 0 spiro atoms. The van der Waals surface area contributed by atoms with Gasteiger partial charge in [-0.3, -0.25) is 4.72 Å². The topological polar surface area (TPSA) is 128 Å². The Labute approximate surface area is 145 Å². The summed E-state index contributed by atoms with van der Waals surface area (Å²) >= 11 is 0. The molecule has 4 N–H and O–H groups in total. The summed E-state index contributed by atoms with van der Waals surface area (Å²) in [7, 11) is -3.86. The number of rotatable bonds is 6. The molecule has 9 heteroatoms. The molecule has 2 aromatic carbocycles. The molecule has 2 amide bonds. The average Bonchev–Trinajstić information content (AvgIpc) is 2.54. The van der Waals surface area contributed by atoms with Crippen LogP contribution in [0, 0.1) is 0 Å². The number of carbonyl (C=O) groups is 2. The molecule has 0 saturated carbocycles. The monoisotopic (exact) mass is 363 g/mol. The van der Waals surface area contributed by atoms with E-state index in [1.807, 2.05) is 0 Å². The lowest BCUT2D eigenvalue weighted by atomic mass is 10.2. The molecule has 0 atom stereocenters. The van der Waals surface area contributed by atoms with E-state index in [0.29, 0.717) is 5.69 Å². The third-order valence-corrected chi connectivity index (χ3v) is 4.46. The van der Waals surface area contributed by atoms with Gasteiger partial charge in [0.15, 0.2) is 0 Å². The molecule has 2 aromatic rings. The van der Waals surface area contributed by atoms with Crippen LogP contribution in [0.25, 0.3) is 0 Å². The predicted octanol–water partition coefficient (Wildman–Crippen LogP) is 2.15. The minimum Gasteiger partial charge on any atom is -0.462 e. The van der Waals surface area contributed by atoms with Crippen molar-refractivity contribution in [1.82, 2.24) is 0 Å². The Morgan fingerprint density at radius 1 is 1.08 bits per heavy atom. The van der Waals surface area contributed by atoms with Crippen LogP contribution >= 0.6 is 0 Å². The lowest BCUT2D eigenvalue weighted by Gasteiger charge is -2.10. The van der Waals surface area contributed by atoms with Crippen LogP contribution in [0.5, 0.6) is 0 Å². The molecule has 0 fully saturated rings. The first-order chi connectivity index (χ1) is 11.8. The molecule has 0 aliphatic heterocycles. The molecule has 0 bridgehead atoms. The molecule has 8 nitrogen and oxygen atoms in total. The molecular formula is C16H17N3O5S. The van der Waals surface area contributed by atoms with Gasteiger partial charge in [0.1, 0.15) is 0 Å². The summed E-state index contributed by atoms with van der Waals surface area (Å²) in [4.78, 5) is 22.4. The maximum atomic E-state index is 12.4. The van der Waals surface area contributed by atoms with Gasteiger partial charge in [0, 0.05) is 5.69 Å². The molecule has 0 radical (unpaired) electrons. The first-order valence-corrected chi connectivity index (χ1v) is 8.76. The Kier molecular flexibility index (Phi) is 5.60. The van der Waals surface area contributed by atoms with Crippen LogP contribution < -0.4 is 15.8 Å². The third kappa shape index (κ3) is 4.95. The van der Waals surface area contributed by atoms with E-state index in [-0.39, 0.29) is 22.8 Å². The van der Waals surface area contributed by atoms with E-state index in [2.05, 4.69) is 10.0 Å². The first-order valence-electron chi connectivity index (χ1n) is 7.28. The van der Waals surface area contributed by atoms with Crippen molar-refractivity contribution in [3.8, 4) is 0 Å². The molecule has 0 aliphatic carbocycles. The fraction of sp³-hybridized carbons (Fsp3) is 0.125. The second-order valence-electron chi connectivity index (χ2n) is 4.92. The molecule has 0 aliphatic rings. The van der Waals surface area contributed by atoms with Crippen LogP contribution in [-0.4, -0.2) is 27.0 Å². The zero-order chi connectivity index (χ0) is 18.4. The Balaban J connectivity index is 2.19. The highest BCUT2D eigenvalue weighted by Gasteiger charge is 2.16. The van der Waals surface area contributed by atoms with Crippen molar-refractivity contribution in [3.63, 3.8) is 0 Å². The van der Waals surface area contributed by atoms with Gasteiger partial charge in [0.05, 0.1) is 22.8 Å². The fourth-order valence-corrected chi connectivity index (χ4v) is 3.05. The minimum atomic E-state index is -3.86. The molecule has 2 rings (SSSR count). The summed E-state index contributed by atoms with van der Waals surface area (Å²) in [6.45, 7) is 1.91. The average molecular weight is 363 g/mol. The van der Waals surface area contributed by atoms with Crippen molar-refractivity contribution < 1.29 is 22.7 Å². The molecule has 25 heavy (non-hydrogen) atoms. The van der Waals surface area contributed by atoms with Gasteiger partial charge >= 0.3 is 12.0 Å². The van der Waals surface area contributed by atoms with E-state index in [1.54, 1.807) is 19.1 Å². The Morgan fingerprint density at radius 3 is 2.32 bits per heavy atom. The van der Waals surface area contributed by atoms with Gasteiger partial charge < -0.3 is 15.8 Å². The van der Waals surface area contributed by atoms with E-state index in [0.717, 1.165) is 0 Å². The number of nitrogens with two attached hydrogens (primary N) is 1. The third-order valence-electron chi connectivity index (χ3n) is 3.06. The van der Waals surface area contributed by atoms with Crippen LogP contribution in [0.15, 0.2) is 53.4 Å². The lowest BCUT2D eigenvalue weighted by molar-refractivity contribution is 0.0526. The minimum absolute atomic E-state index is 0.0196. The lowest BCUT2D eigenvalue weighted by Crippen LogP contribution is -2.19. The van der Waals surface area contributed by atoms with Gasteiger partial charge in [-0.05, 0) is 49.4 Å². The predicted molar refractivity (Wildman–Crippen MR) is 92.9 cm³/mol. The quantitative estimate of drug-likeness (QED) is 0.678. The second-order valence-corrected chi connectivity index (χ2v) is 6.60.